The van der Waals surface area contributed by atoms with Crippen molar-refractivity contribution in [1.82, 2.24) is 14.9 Å². The lowest BCUT2D eigenvalue weighted by atomic mass is 9.98. The van der Waals surface area contributed by atoms with Gasteiger partial charge in [0.25, 0.3) is 11.7 Å². The molecule has 2 aromatic carbocycles. The van der Waals surface area contributed by atoms with Crippen LogP contribution in [0.4, 0.5) is 0 Å². The lowest BCUT2D eigenvalue weighted by Crippen LogP contribution is -2.32. The van der Waals surface area contributed by atoms with Crippen LogP contribution in [0, 0.1) is 6.92 Å². The molecule has 2 N–H and O–H groups in total. The number of pyridine rings is 1. The number of fused-ring (bicyclic) bond motifs is 1. The Hall–Kier alpha value is -4.19. The van der Waals surface area contributed by atoms with E-state index in [9.17, 15) is 14.7 Å². The lowest BCUT2D eigenvalue weighted by Gasteiger charge is -2.24. The lowest BCUT2D eigenvalue weighted by molar-refractivity contribution is -0.139. The predicted molar refractivity (Wildman–Crippen MR) is 126 cm³/mol. The number of aryl methyl sites for hydroxylation is 1. The van der Waals surface area contributed by atoms with Crippen LogP contribution >= 0.6 is 0 Å². The van der Waals surface area contributed by atoms with E-state index < -0.39 is 17.7 Å². The molecule has 0 spiro atoms. The molecule has 1 atom stereocenters. The summed E-state index contributed by atoms with van der Waals surface area (Å²) in [4.78, 5) is 35.4. The third-order valence-corrected chi connectivity index (χ3v) is 6.13. The zero-order chi connectivity index (χ0) is 22.9. The van der Waals surface area contributed by atoms with Crippen molar-refractivity contribution < 1.29 is 14.7 Å². The summed E-state index contributed by atoms with van der Waals surface area (Å²) in [6, 6.07) is 19.8. The SMILES string of the molecule is Cc1ccc(/C(O)=C2\C(=O)C(=O)N(CCc3c[nH]c4ccccc34)C2c2ccccn2)cc1. The van der Waals surface area contributed by atoms with Gasteiger partial charge in [0.05, 0.1) is 11.3 Å². The number of ketones is 1. The highest BCUT2D eigenvalue weighted by Crippen LogP contribution is 2.38. The number of hydrogen-bond donors (Lipinski definition) is 2. The number of amides is 1. The monoisotopic (exact) mass is 437 g/mol. The number of nitrogens with zero attached hydrogens (tertiary/aromatic N) is 2. The summed E-state index contributed by atoms with van der Waals surface area (Å²) >= 11 is 0. The number of aliphatic hydroxyl groups excluding tert-OH is 1. The molecule has 33 heavy (non-hydrogen) atoms. The van der Waals surface area contributed by atoms with Gasteiger partial charge in [-0.15, -0.1) is 0 Å². The molecule has 1 aliphatic rings. The minimum absolute atomic E-state index is 0.0708. The molecule has 0 bridgehead atoms. The number of aliphatic hydroxyl groups is 1. The zero-order valence-electron chi connectivity index (χ0n) is 18.2. The molecule has 4 aromatic rings. The first-order valence-corrected chi connectivity index (χ1v) is 10.9. The van der Waals surface area contributed by atoms with Crippen molar-refractivity contribution in [3.05, 3.63) is 107 Å². The maximum absolute atomic E-state index is 13.1. The number of H-pyrrole nitrogens is 1. The summed E-state index contributed by atoms with van der Waals surface area (Å²) in [5, 5.41) is 12.2. The van der Waals surface area contributed by atoms with E-state index in [1.807, 2.05) is 55.6 Å². The van der Waals surface area contributed by atoms with Crippen molar-refractivity contribution in [2.24, 2.45) is 0 Å². The maximum atomic E-state index is 13.1. The first kappa shape index (κ1) is 20.7. The first-order chi connectivity index (χ1) is 16.0. The molecule has 6 heteroatoms. The van der Waals surface area contributed by atoms with Crippen molar-refractivity contribution in [2.45, 2.75) is 19.4 Å². The fourth-order valence-corrected chi connectivity index (χ4v) is 4.40. The molecule has 164 valence electrons. The van der Waals surface area contributed by atoms with E-state index in [-0.39, 0.29) is 11.3 Å². The van der Waals surface area contributed by atoms with Gasteiger partial charge in [0.15, 0.2) is 0 Å². The van der Waals surface area contributed by atoms with Gasteiger partial charge in [-0.05, 0) is 37.1 Å². The Labute approximate surface area is 191 Å². The van der Waals surface area contributed by atoms with Gasteiger partial charge in [0, 0.05) is 35.4 Å². The number of carbonyl (C=O) groups excluding carboxylic acids is 2. The Bertz CT molecular complexity index is 1370. The third kappa shape index (κ3) is 3.69. The van der Waals surface area contributed by atoms with Crippen molar-refractivity contribution >= 4 is 28.4 Å². The highest BCUT2D eigenvalue weighted by atomic mass is 16.3. The standard InChI is InChI=1S/C27H23N3O3/c1-17-9-11-18(12-10-17)25(31)23-24(22-8-4-5-14-28-22)30(27(33)26(23)32)15-13-19-16-29-21-7-3-2-6-20(19)21/h2-12,14,16,24,29,31H,13,15H2,1H3/b25-23+. The van der Waals surface area contributed by atoms with Gasteiger partial charge in [-0.1, -0.05) is 54.1 Å². The van der Waals surface area contributed by atoms with Crippen LogP contribution in [0.2, 0.25) is 0 Å². The Morgan fingerprint density at radius 1 is 1.03 bits per heavy atom. The second-order valence-electron chi connectivity index (χ2n) is 8.22. The maximum Gasteiger partial charge on any atom is 0.295 e. The van der Waals surface area contributed by atoms with E-state index in [2.05, 4.69) is 9.97 Å². The number of nitrogens with one attached hydrogen (secondary N) is 1. The molecule has 1 fully saturated rings. The Kier molecular flexibility index (Phi) is 5.26. The van der Waals surface area contributed by atoms with Crippen molar-refractivity contribution in [3.63, 3.8) is 0 Å². The van der Waals surface area contributed by atoms with E-state index in [1.54, 1.807) is 30.5 Å². The summed E-state index contributed by atoms with van der Waals surface area (Å²) < 4.78 is 0. The quantitative estimate of drug-likeness (QED) is 0.273. The van der Waals surface area contributed by atoms with Gasteiger partial charge >= 0.3 is 0 Å². The average molecular weight is 437 g/mol. The number of carbonyl (C=O) groups is 2. The van der Waals surface area contributed by atoms with Crippen molar-refractivity contribution in [2.75, 3.05) is 6.54 Å². The number of aromatic nitrogens is 2. The number of likely N-dealkylation sites (tertiary alicyclic amines) is 1. The molecule has 6 nitrogen and oxygen atoms in total. The number of benzene rings is 2. The topological polar surface area (TPSA) is 86.3 Å². The normalized spacial score (nSPS) is 17.7. The number of aromatic amines is 1. The molecule has 1 aliphatic heterocycles. The van der Waals surface area contributed by atoms with Gasteiger partial charge in [-0.25, -0.2) is 0 Å². The second kappa shape index (κ2) is 8.39. The van der Waals surface area contributed by atoms with E-state index in [0.29, 0.717) is 24.2 Å². The summed E-state index contributed by atoms with van der Waals surface area (Å²) in [5.74, 6) is -1.50. The molecule has 3 heterocycles. The van der Waals surface area contributed by atoms with Gasteiger partial charge in [-0.2, -0.15) is 0 Å². The van der Waals surface area contributed by atoms with Crippen LogP contribution in [0.1, 0.15) is 28.4 Å². The van der Waals surface area contributed by atoms with Gasteiger partial charge in [0.2, 0.25) is 0 Å². The molecule has 5 rings (SSSR count). The number of rotatable bonds is 5. The fourth-order valence-electron chi connectivity index (χ4n) is 4.40. The van der Waals surface area contributed by atoms with Crippen LogP contribution in [0.5, 0.6) is 0 Å². The summed E-state index contributed by atoms with van der Waals surface area (Å²) in [6.07, 6.45) is 4.12. The fraction of sp³-hybridized carbons (Fsp3) is 0.148. The predicted octanol–water partition coefficient (Wildman–Crippen LogP) is 4.54. The van der Waals surface area contributed by atoms with Crippen molar-refractivity contribution in [3.8, 4) is 0 Å². The van der Waals surface area contributed by atoms with Crippen LogP contribution < -0.4 is 0 Å². The minimum Gasteiger partial charge on any atom is -0.507 e. The van der Waals surface area contributed by atoms with Crippen LogP contribution in [-0.4, -0.2) is 38.2 Å². The first-order valence-electron chi connectivity index (χ1n) is 10.9. The molecule has 1 saturated heterocycles. The largest absolute Gasteiger partial charge is 0.507 e. The Morgan fingerprint density at radius 2 is 1.79 bits per heavy atom. The van der Waals surface area contributed by atoms with E-state index in [0.717, 1.165) is 22.0 Å². The molecule has 0 saturated carbocycles. The van der Waals surface area contributed by atoms with Crippen molar-refractivity contribution in [1.29, 1.82) is 0 Å². The molecule has 1 unspecified atom stereocenters. The van der Waals surface area contributed by atoms with E-state index >= 15 is 0 Å². The van der Waals surface area contributed by atoms with E-state index in [1.165, 1.54) is 4.90 Å². The summed E-state index contributed by atoms with van der Waals surface area (Å²) in [5.41, 5.74) is 4.23. The van der Waals surface area contributed by atoms with Crippen LogP contribution in [0.3, 0.4) is 0 Å². The van der Waals surface area contributed by atoms with Crippen LogP contribution in [0.15, 0.2) is 84.7 Å². The molecule has 1 amide bonds. The average Bonchev–Trinajstić information content (AvgIpc) is 3.37. The van der Waals surface area contributed by atoms with E-state index in [4.69, 9.17) is 0 Å². The number of para-hydroxylation sites is 1. The van der Waals surface area contributed by atoms with Gasteiger partial charge < -0.3 is 15.0 Å². The Morgan fingerprint density at radius 3 is 2.55 bits per heavy atom. The second-order valence-corrected chi connectivity index (χ2v) is 8.22. The summed E-state index contributed by atoms with van der Waals surface area (Å²) in [7, 11) is 0. The number of hydrogen-bond acceptors (Lipinski definition) is 4. The number of Topliss-reactive ketones (excluding diaryl/α,β-unsaturated/α-hetero) is 1. The highest BCUT2D eigenvalue weighted by molar-refractivity contribution is 6.46. The summed E-state index contributed by atoms with van der Waals surface area (Å²) in [6.45, 7) is 2.26. The van der Waals surface area contributed by atoms with Gasteiger partial charge in [-0.3, -0.25) is 14.6 Å². The molecule has 0 aliphatic carbocycles. The van der Waals surface area contributed by atoms with Crippen LogP contribution in [-0.2, 0) is 16.0 Å². The van der Waals surface area contributed by atoms with Crippen LogP contribution in [0.25, 0.3) is 16.7 Å². The smallest absolute Gasteiger partial charge is 0.295 e. The zero-order valence-corrected chi connectivity index (χ0v) is 18.2. The third-order valence-electron chi connectivity index (χ3n) is 6.13. The minimum atomic E-state index is -0.752. The van der Waals surface area contributed by atoms with Gasteiger partial charge in [0.1, 0.15) is 11.8 Å². The molecular formula is C27H23N3O3. The molecule has 0 radical (unpaired) electrons. The molecule has 2 aromatic heterocycles. The Balaban J connectivity index is 1.55. The highest BCUT2D eigenvalue weighted by Gasteiger charge is 2.46. The molecular weight excluding hydrogens is 414 g/mol.